The largest absolute Gasteiger partial charge is 0.478 e. The average molecular weight is 749 g/mol. The maximum absolute atomic E-state index is 12.4. The second-order valence-electron chi connectivity index (χ2n) is 15.6. The Bertz CT molecular complexity index is 2400. The first-order valence-electron chi connectivity index (χ1n) is 16.5. The van der Waals surface area contributed by atoms with Crippen molar-refractivity contribution in [3.63, 3.8) is 0 Å². The number of carboxylic acid groups (broad SMARTS) is 1. The number of rotatable bonds is 4. The second-order valence-corrected chi connectivity index (χ2v) is 17.5. The minimum absolute atomic E-state index is 0.00423. The van der Waals surface area contributed by atoms with Crippen molar-refractivity contribution in [2.24, 2.45) is 16.2 Å². The van der Waals surface area contributed by atoms with Crippen LogP contribution in [0.15, 0.2) is 60.7 Å². The van der Waals surface area contributed by atoms with Gasteiger partial charge in [0.15, 0.2) is 0 Å². The van der Waals surface area contributed by atoms with Crippen LogP contribution >= 0.6 is 0 Å². The number of hydrogen-bond donors (Lipinski definition) is 2. The van der Waals surface area contributed by atoms with Crippen molar-refractivity contribution in [1.29, 1.82) is 0 Å². The molecule has 0 bridgehead atoms. The van der Waals surface area contributed by atoms with Crippen molar-refractivity contribution in [3.05, 3.63) is 105 Å². The number of carboxylic acids is 1. The summed E-state index contributed by atoms with van der Waals surface area (Å²) < 4.78 is 65.7. The highest BCUT2D eigenvalue weighted by Crippen LogP contribution is 2.44. The van der Waals surface area contributed by atoms with Crippen LogP contribution in [0.1, 0.15) is 100 Å². The molecule has 0 atom stereocenters. The molecule has 0 amide bonds. The van der Waals surface area contributed by atoms with Gasteiger partial charge >= 0.3 is 16.6 Å². The van der Waals surface area contributed by atoms with Gasteiger partial charge in [-0.2, -0.15) is 8.42 Å². The van der Waals surface area contributed by atoms with Crippen LogP contribution in [0.2, 0.25) is 0 Å². The van der Waals surface area contributed by atoms with Gasteiger partial charge in [0.25, 0.3) is 10.1 Å². The molecule has 12 heteroatoms. The number of fused-ring (bicyclic) bond motifs is 4. The number of aromatic carboxylic acids is 1. The van der Waals surface area contributed by atoms with E-state index in [-0.39, 0.29) is 22.2 Å². The van der Waals surface area contributed by atoms with Crippen LogP contribution in [0.3, 0.4) is 0 Å². The third-order valence-corrected chi connectivity index (χ3v) is 9.71. The van der Waals surface area contributed by atoms with Gasteiger partial charge in [0.2, 0.25) is 0 Å². The Morgan fingerprint density at radius 3 is 2.02 bits per heavy atom. The Morgan fingerprint density at radius 1 is 0.865 bits per heavy atom. The quantitative estimate of drug-likeness (QED) is 0.222. The summed E-state index contributed by atoms with van der Waals surface area (Å²) in [6.45, 7) is 17.8. The Morgan fingerprint density at radius 2 is 1.46 bits per heavy atom. The third-order valence-electron chi connectivity index (χ3n) is 9.03. The lowest BCUT2D eigenvalue weighted by atomic mass is 9.75. The molecule has 3 aromatic rings. The van der Waals surface area contributed by atoms with Crippen molar-refractivity contribution < 1.29 is 45.0 Å². The maximum Gasteiger partial charge on any atom is 0.425 e. The van der Waals surface area contributed by atoms with Crippen molar-refractivity contribution in [1.82, 2.24) is 0 Å². The number of carbonyl (C=O) groups is 2. The van der Waals surface area contributed by atoms with Crippen molar-refractivity contribution in [2.75, 3.05) is 5.75 Å². The van der Waals surface area contributed by atoms with E-state index in [1.807, 2.05) is 65.0 Å². The van der Waals surface area contributed by atoms with Crippen molar-refractivity contribution in [3.8, 4) is 11.5 Å². The summed E-state index contributed by atoms with van der Waals surface area (Å²) in [6.07, 6.45) is 7.01. The highest BCUT2D eigenvalue weighted by atomic mass is 32.2. The van der Waals surface area contributed by atoms with Crippen LogP contribution in [0, 0.1) is 16.2 Å². The summed E-state index contributed by atoms with van der Waals surface area (Å²) in [5.41, 5.74) is 6.16. The minimum Gasteiger partial charge on any atom is -0.478 e. The van der Waals surface area contributed by atoms with E-state index in [0.29, 0.717) is 39.0 Å². The zero-order valence-electron chi connectivity index (χ0n) is 30.7. The fourth-order valence-electron chi connectivity index (χ4n) is 6.62. The van der Waals surface area contributed by atoms with Gasteiger partial charge < -0.3 is 9.84 Å². The molecule has 0 unspecified atom stereocenters. The fraction of sp³-hybridized carbons (Fsp3) is 0.350. The van der Waals surface area contributed by atoms with E-state index >= 15 is 0 Å². The second kappa shape index (κ2) is 14.4. The number of ketones is 1. The first-order chi connectivity index (χ1) is 23.8. The molecule has 2 N–H and O–H groups in total. The molecule has 1 aliphatic heterocycles. The highest BCUT2D eigenvalue weighted by Gasteiger charge is 2.31. The van der Waals surface area contributed by atoms with E-state index in [2.05, 4.69) is 39.0 Å². The maximum atomic E-state index is 12.4. The normalized spacial score (nSPS) is 16.2. The zero-order chi connectivity index (χ0) is 39.1. The molecule has 0 radical (unpaired) electrons. The predicted octanol–water partition coefficient (Wildman–Crippen LogP) is 6.43. The smallest absolute Gasteiger partial charge is 0.425 e. The molecule has 0 fully saturated rings. The topological polar surface area (TPSA) is 169 Å². The molecule has 10 nitrogen and oxygen atoms in total. The van der Waals surface area contributed by atoms with Gasteiger partial charge in [-0.1, -0.05) is 84.9 Å². The molecule has 3 aromatic carbocycles. The Labute approximate surface area is 306 Å². The van der Waals surface area contributed by atoms with Gasteiger partial charge in [-0.15, -0.1) is 12.6 Å². The van der Waals surface area contributed by atoms with E-state index in [1.165, 1.54) is 5.56 Å². The van der Waals surface area contributed by atoms with Gasteiger partial charge in [0.1, 0.15) is 23.0 Å². The zero-order valence-corrected chi connectivity index (χ0v) is 32.4. The number of allylic oxidation sites excluding steroid dienone is 3. The minimum atomic E-state index is -4.30. The van der Waals surface area contributed by atoms with E-state index in [1.54, 1.807) is 25.1 Å². The molecular formula is C40H44O10S2. The van der Waals surface area contributed by atoms with E-state index in [9.17, 15) is 27.7 Å². The molecule has 0 saturated carbocycles. The predicted molar refractivity (Wildman–Crippen MR) is 201 cm³/mol. The monoisotopic (exact) mass is 748 g/mol. The SMILES string of the molecule is CC(=O)C(C)(C)C.CC1=CC(C)(C)Cc2cc3c(cc21)C(c1ccccc1C(=O)O)=c1cc2c(cc1O3)=CC(C)(C)C=C2CS(=O)(=O)O.O=S(=O)=O. The molecule has 3 aliphatic rings. The molecule has 0 aromatic heterocycles. The summed E-state index contributed by atoms with van der Waals surface area (Å²) in [4.78, 5) is 22.9. The average Bonchev–Trinajstić information content (AvgIpc) is 2.96. The number of benzene rings is 3. The van der Waals surface area contributed by atoms with Crippen LogP contribution in [-0.4, -0.2) is 48.2 Å². The molecule has 2 aliphatic carbocycles. The van der Waals surface area contributed by atoms with Crippen molar-refractivity contribution in [2.45, 2.75) is 68.7 Å². The lowest BCUT2D eigenvalue weighted by Gasteiger charge is -2.31. The number of ether oxygens (including phenoxy) is 1. The van der Waals surface area contributed by atoms with Crippen LogP contribution in [0.5, 0.6) is 11.5 Å². The summed E-state index contributed by atoms with van der Waals surface area (Å²) in [5.74, 6) is -0.109. The lowest BCUT2D eigenvalue weighted by molar-refractivity contribution is -0.124. The molecule has 52 heavy (non-hydrogen) atoms. The molecule has 0 saturated heterocycles. The Kier molecular flexibility index (Phi) is 11.1. The van der Waals surface area contributed by atoms with Gasteiger partial charge in [-0.25, -0.2) is 4.79 Å². The number of hydrogen-bond acceptors (Lipinski definition) is 8. The Balaban J connectivity index is 0.000000482. The summed E-state index contributed by atoms with van der Waals surface area (Å²) in [5, 5.41) is 11.6. The van der Waals surface area contributed by atoms with Crippen LogP contribution in [0.25, 0.3) is 22.8 Å². The van der Waals surface area contributed by atoms with Crippen LogP contribution in [-0.2, 0) is 31.9 Å². The number of carbonyl (C=O) groups excluding carboxylic acids is 1. The molecule has 0 spiro atoms. The standard InChI is InChI=1S/C34H32O6S.C6H12O.O3S/c1-19-14-33(2,3)15-20-10-29-27(12-25(19)20)31(23-8-6-7-9-24(23)32(35)36)28-13-26-21(11-30(28)40-29)16-34(4,5)17-22(26)18-41(37,38)39;1-5(7)6(2,3)4;1-4(2)3/h6-14,16-17H,15,18H2,1-5H3,(H,35,36)(H,37,38,39);1-4H3;. The van der Waals surface area contributed by atoms with Gasteiger partial charge in [-0.3, -0.25) is 9.35 Å². The van der Waals surface area contributed by atoms with Gasteiger partial charge in [0.05, 0.1) is 5.56 Å². The Hall–Kier alpha value is -4.65. The highest BCUT2D eigenvalue weighted by molar-refractivity contribution is 7.86. The van der Waals surface area contributed by atoms with E-state index in [4.69, 9.17) is 17.4 Å². The summed E-state index contributed by atoms with van der Waals surface area (Å²) in [7, 11) is -7.41. The van der Waals surface area contributed by atoms with Gasteiger partial charge in [-0.05, 0) is 94.6 Å². The molecule has 1 heterocycles. The first-order valence-corrected chi connectivity index (χ1v) is 19.1. The summed E-state index contributed by atoms with van der Waals surface area (Å²) in [6, 6.07) is 14.8. The van der Waals surface area contributed by atoms with Gasteiger partial charge in [0, 0.05) is 27.2 Å². The van der Waals surface area contributed by atoms with Crippen LogP contribution in [0.4, 0.5) is 0 Å². The van der Waals surface area contributed by atoms with E-state index in [0.717, 1.165) is 28.3 Å². The molecule has 276 valence electrons. The van der Waals surface area contributed by atoms with E-state index < -0.39 is 37.9 Å². The number of Topliss-reactive ketones (excluding diaryl/α,β-unsaturated/α-hetero) is 1. The fourth-order valence-corrected chi connectivity index (χ4v) is 7.25. The summed E-state index contributed by atoms with van der Waals surface area (Å²) >= 11 is 0. The lowest BCUT2D eigenvalue weighted by Crippen LogP contribution is -2.28. The molecular weight excluding hydrogens is 705 g/mol. The van der Waals surface area contributed by atoms with Crippen molar-refractivity contribution >= 4 is 55.3 Å². The molecule has 6 rings (SSSR count). The van der Waals surface area contributed by atoms with Crippen LogP contribution < -0.4 is 15.2 Å². The third kappa shape index (κ3) is 9.41. The first kappa shape index (κ1) is 40.1.